The van der Waals surface area contributed by atoms with Crippen molar-refractivity contribution in [3.05, 3.63) is 77.9 Å². The number of anilines is 1. The number of hydrogen-bond donors (Lipinski definition) is 3. The summed E-state index contributed by atoms with van der Waals surface area (Å²) in [6.45, 7) is -0.0491. The van der Waals surface area contributed by atoms with Crippen molar-refractivity contribution < 1.29 is 18.7 Å². The molecule has 2 amide bonds. The minimum Gasteiger partial charge on any atom is -0.495 e. The van der Waals surface area contributed by atoms with Crippen LogP contribution >= 0.6 is 11.3 Å². The van der Waals surface area contributed by atoms with Crippen LogP contribution in [0.2, 0.25) is 0 Å². The van der Waals surface area contributed by atoms with Crippen LogP contribution in [0.5, 0.6) is 5.75 Å². The molecule has 0 fully saturated rings. The fourth-order valence-electron chi connectivity index (χ4n) is 2.96. The number of ether oxygens (including phenoxy) is 1. The third-order valence-corrected chi connectivity index (χ3v) is 5.54. The number of para-hydroxylation sites is 2. The summed E-state index contributed by atoms with van der Waals surface area (Å²) in [7, 11) is 1.55. The summed E-state index contributed by atoms with van der Waals surface area (Å²) in [6, 6.07) is 20.1. The van der Waals surface area contributed by atoms with Crippen LogP contribution in [0.4, 0.5) is 5.69 Å². The summed E-state index contributed by atoms with van der Waals surface area (Å²) in [6.07, 6.45) is 1.55. The Morgan fingerprint density at radius 2 is 1.78 bits per heavy atom. The molecular weight excluding hydrogens is 428 g/mol. The summed E-state index contributed by atoms with van der Waals surface area (Å²) in [5.41, 5.74) is 6.86. The van der Waals surface area contributed by atoms with E-state index in [2.05, 4.69) is 21.2 Å². The lowest BCUT2D eigenvalue weighted by atomic mass is 10.1. The van der Waals surface area contributed by atoms with E-state index >= 15 is 0 Å². The number of hydrazine groups is 1. The molecule has 2 aromatic heterocycles. The maximum Gasteiger partial charge on any atom is 0.282 e. The van der Waals surface area contributed by atoms with Gasteiger partial charge in [0.2, 0.25) is 0 Å². The van der Waals surface area contributed by atoms with Gasteiger partial charge in [0.05, 0.1) is 31.3 Å². The van der Waals surface area contributed by atoms with Crippen molar-refractivity contribution in [1.82, 2.24) is 15.8 Å². The second kappa shape index (κ2) is 9.80. The van der Waals surface area contributed by atoms with E-state index in [0.717, 1.165) is 5.56 Å². The molecule has 0 spiro atoms. The first kappa shape index (κ1) is 21.1. The zero-order valence-corrected chi connectivity index (χ0v) is 17.9. The Morgan fingerprint density at radius 3 is 2.53 bits per heavy atom. The number of rotatable bonds is 7. The molecule has 0 saturated carbocycles. The van der Waals surface area contributed by atoms with E-state index in [9.17, 15) is 9.59 Å². The Kier molecular flexibility index (Phi) is 6.47. The Morgan fingerprint density at radius 1 is 1.00 bits per heavy atom. The molecule has 0 unspecified atom stereocenters. The molecule has 2 heterocycles. The third-order valence-electron chi connectivity index (χ3n) is 4.47. The quantitative estimate of drug-likeness (QED) is 0.370. The van der Waals surface area contributed by atoms with Gasteiger partial charge in [0.25, 0.3) is 11.8 Å². The lowest BCUT2D eigenvalue weighted by Gasteiger charge is -2.11. The van der Waals surface area contributed by atoms with Gasteiger partial charge in [-0.15, -0.1) is 11.3 Å². The Balaban J connectivity index is 1.45. The monoisotopic (exact) mass is 448 g/mol. The fraction of sp³-hybridized carbons (Fsp3) is 0.0870. The topological polar surface area (TPSA) is 105 Å². The third kappa shape index (κ3) is 4.79. The number of carbonyl (C=O) groups is 2. The molecule has 8 nitrogen and oxygen atoms in total. The summed E-state index contributed by atoms with van der Waals surface area (Å²) in [5.74, 6) is 0.300. The highest BCUT2D eigenvalue weighted by molar-refractivity contribution is 7.17. The Labute approximate surface area is 188 Å². The molecule has 32 heavy (non-hydrogen) atoms. The van der Waals surface area contributed by atoms with Crippen molar-refractivity contribution in [3.63, 3.8) is 0 Å². The van der Waals surface area contributed by atoms with Crippen LogP contribution in [0.1, 0.15) is 9.67 Å². The number of amides is 2. The number of aromatic nitrogens is 1. The van der Waals surface area contributed by atoms with Crippen LogP contribution < -0.4 is 20.9 Å². The van der Waals surface area contributed by atoms with Crippen molar-refractivity contribution in [3.8, 4) is 27.8 Å². The normalized spacial score (nSPS) is 10.4. The number of benzene rings is 2. The predicted molar refractivity (Wildman–Crippen MR) is 122 cm³/mol. The first-order chi connectivity index (χ1) is 15.7. The number of hydrogen-bond acceptors (Lipinski definition) is 7. The zero-order valence-electron chi connectivity index (χ0n) is 17.1. The van der Waals surface area contributed by atoms with Gasteiger partial charge < -0.3 is 14.5 Å². The Hall–Kier alpha value is -4.11. The van der Waals surface area contributed by atoms with E-state index in [-0.39, 0.29) is 6.54 Å². The van der Waals surface area contributed by atoms with Crippen molar-refractivity contribution in [2.45, 2.75) is 0 Å². The highest BCUT2D eigenvalue weighted by Gasteiger charge is 2.21. The second-order valence-electron chi connectivity index (χ2n) is 6.60. The smallest absolute Gasteiger partial charge is 0.282 e. The number of nitrogens with zero attached hydrogens (tertiary/aromatic N) is 1. The largest absolute Gasteiger partial charge is 0.495 e. The number of thiazole rings is 1. The van der Waals surface area contributed by atoms with Crippen molar-refractivity contribution in [1.29, 1.82) is 0 Å². The average molecular weight is 449 g/mol. The maximum atomic E-state index is 12.9. The zero-order chi connectivity index (χ0) is 22.3. The summed E-state index contributed by atoms with van der Waals surface area (Å²) in [5, 5.41) is 3.55. The molecule has 9 heteroatoms. The molecule has 0 bridgehead atoms. The van der Waals surface area contributed by atoms with Gasteiger partial charge in [0.1, 0.15) is 10.6 Å². The van der Waals surface area contributed by atoms with Crippen molar-refractivity contribution in [2.24, 2.45) is 0 Å². The minimum absolute atomic E-state index is 0.0491. The van der Waals surface area contributed by atoms with Gasteiger partial charge in [-0.2, -0.15) is 0 Å². The molecule has 162 valence electrons. The average Bonchev–Trinajstić information content (AvgIpc) is 3.52. The van der Waals surface area contributed by atoms with Gasteiger partial charge in [0, 0.05) is 5.56 Å². The summed E-state index contributed by atoms with van der Waals surface area (Å²) in [4.78, 5) is 30.1. The van der Waals surface area contributed by atoms with Crippen LogP contribution in [0.25, 0.3) is 22.0 Å². The molecule has 0 atom stereocenters. The van der Waals surface area contributed by atoms with Crippen LogP contribution in [0.15, 0.2) is 77.4 Å². The molecule has 0 aliphatic rings. The van der Waals surface area contributed by atoms with Gasteiger partial charge >= 0.3 is 0 Å². The van der Waals surface area contributed by atoms with E-state index in [1.807, 2.05) is 42.5 Å². The van der Waals surface area contributed by atoms with E-state index in [0.29, 0.717) is 32.8 Å². The molecule has 2 aromatic carbocycles. The number of nitrogens with one attached hydrogen (secondary N) is 3. The molecular formula is C23H20N4O4S. The van der Waals surface area contributed by atoms with Gasteiger partial charge in [-0.05, 0) is 24.3 Å². The van der Waals surface area contributed by atoms with Crippen molar-refractivity contribution in [2.75, 3.05) is 19.0 Å². The van der Waals surface area contributed by atoms with Crippen LogP contribution in [-0.4, -0.2) is 30.5 Å². The molecule has 4 rings (SSSR count). The van der Waals surface area contributed by atoms with E-state index in [1.54, 1.807) is 37.6 Å². The maximum absolute atomic E-state index is 12.9. The van der Waals surface area contributed by atoms with Crippen LogP contribution in [0.3, 0.4) is 0 Å². The highest BCUT2D eigenvalue weighted by Crippen LogP contribution is 2.34. The number of carbonyl (C=O) groups excluding carboxylic acids is 2. The first-order valence-corrected chi connectivity index (χ1v) is 10.5. The standard InChI is InChI=1S/C23H20N4O4S/c1-30-17-11-6-5-10-16(17)24-14-19(28)26-27-22(29)21-20(15-8-3-2-4-9-15)25-23(32-21)18-12-7-13-31-18/h2-13,24H,14H2,1H3,(H,26,28)(H,27,29). The molecule has 0 saturated heterocycles. The minimum atomic E-state index is -0.468. The molecule has 0 radical (unpaired) electrons. The molecule has 4 aromatic rings. The second-order valence-corrected chi connectivity index (χ2v) is 7.60. The van der Waals surface area contributed by atoms with E-state index in [4.69, 9.17) is 9.15 Å². The lowest BCUT2D eigenvalue weighted by Crippen LogP contribution is -2.44. The number of methoxy groups -OCH3 is 1. The van der Waals surface area contributed by atoms with E-state index < -0.39 is 11.8 Å². The SMILES string of the molecule is COc1ccccc1NCC(=O)NNC(=O)c1sc(-c2ccco2)nc1-c1ccccc1. The van der Waals surface area contributed by atoms with Gasteiger partial charge in [-0.1, -0.05) is 42.5 Å². The predicted octanol–water partition coefficient (Wildman–Crippen LogP) is 3.95. The Bertz CT molecular complexity index is 1210. The van der Waals surface area contributed by atoms with Gasteiger partial charge in [-0.25, -0.2) is 4.98 Å². The summed E-state index contributed by atoms with van der Waals surface area (Å²) >= 11 is 1.19. The highest BCUT2D eigenvalue weighted by atomic mass is 32.1. The number of furan rings is 1. The van der Waals surface area contributed by atoms with Crippen LogP contribution in [0, 0.1) is 0 Å². The van der Waals surface area contributed by atoms with Crippen LogP contribution in [-0.2, 0) is 4.79 Å². The molecule has 0 aliphatic carbocycles. The van der Waals surface area contributed by atoms with E-state index in [1.165, 1.54) is 11.3 Å². The molecule has 3 N–H and O–H groups in total. The summed E-state index contributed by atoms with van der Waals surface area (Å²) < 4.78 is 10.7. The fourth-order valence-corrected chi connectivity index (χ4v) is 3.92. The van der Waals surface area contributed by atoms with Crippen molar-refractivity contribution >= 4 is 28.8 Å². The first-order valence-electron chi connectivity index (χ1n) is 9.72. The lowest BCUT2D eigenvalue weighted by molar-refractivity contribution is -0.120. The van der Waals surface area contributed by atoms with Gasteiger partial charge in [0.15, 0.2) is 10.8 Å². The van der Waals surface area contributed by atoms with Gasteiger partial charge in [-0.3, -0.25) is 20.4 Å². The molecule has 0 aliphatic heterocycles.